The fourth-order valence-corrected chi connectivity index (χ4v) is 19.7. The van der Waals surface area contributed by atoms with Crippen molar-refractivity contribution in [3.05, 3.63) is 212 Å². The van der Waals surface area contributed by atoms with Crippen molar-refractivity contribution in [1.29, 1.82) is 21.0 Å². The third kappa shape index (κ3) is 21.3. The van der Waals surface area contributed by atoms with E-state index in [9.17, 15) is 40.2 Å². The number of rotatable bonds is 20. The summed E-state index contributed by atoms with van der Waals surface area (Å²) in [6.45, 7) is 19.3. The number of methoxy groups -OCH3 is 1. The molecule has 32 heteroatoms. The molecule has 1 aliphatic heterocycles. The highest BCUT2D eigenvalue weighted by atomic mass is 32.1. The van der Waals surface area contributed by atoms with E-state index >= 15 is 0 Å². The number of nitrogens with one attached hydrogen (secondary N) is 4. The lowest BCUT2D eigenvalue weighted by molar-refractivity contribution is 0.127. The van der Waals surface area contributed by atoms with Gasteiger partial charge in [-0.1, -0.05) is 125 Å². The standard InChI is InChI=1S/C26H27N5O2S.2C24H25N5O2S.C23H22N4O3S/c1-15(2)33-23-10-7-17(11-18(23)12-27)24-29-30-25(34-24)21-6-4-5-20-19(21)8-9-22(20)28-26(32)31-13-16(3)14-31;2*1-14(2)31-21-11-8-15(12-16(21)13-25)22-27-28-23(32-22)19-7-5-6-18-17(19)9-10-20(18)26-24(30)29(3)4;1-13(2)30-20-10-7-14(11-15(20)12-24)21-26-27-22(31-21)18-6-4-5-17-16(18)8-9-19(17)25-23(28)29-3/h4-7,10-11,15-16,22H,8-9,13-14H2,1-3H3,(H,28,32);2*5-8,11-12,14,20H,9-10H2,1-4H3,(H,26,30);4-7,10-11,13,19H,8-9H2,1-3H3,(H,25,28)/t22-;2*20-;19-/m1101/s1. The molecule has 5 heterocycles. The van der Waals surface area contributed by atoms with Crippen LogP contribution in [0, 0.1) is 51.2 Å². The molecule has 12 aromatic rings. The summed E-state index contributed by atoms with van der Waals surface area (Å²) >= 11 is 5.98. The molecule has 0 unspecified atom stereocenters. The van der Waals surface area contributed by atoms with Crippen LogP contribution < -0.4 is 40.2 Å². The normalized spacial score (nSPS) is 15.4. The second-order valence-electron chi connectivity index (χ2n) is 33.2. The smallest absolute Gasteiger partial charge is 0.407 e. The van der Waals surface area contributed by atoms with Crippen LogP contribution in [-0.4, -0.2) is 152 Å². The summed E-state index contributed by atoms with van der Waals surface area (Å²) < 4.78 is 27.6. The number of nitriles is 4. The fraction of sp³-hybridized carbons (Fsp3) is 0.340. The van der Waals surface area contributed by atoms with Gasteiger partial charge < -0.3 is 59.7 Å². The van der Waals surface area contributed by atoms with Gasteiger partial charge in [0.15, 0.2) is 0 Å². The highest BCUT2D eigenvalue weighted by Gasteiger charge is 2.35. The average molecular weight is 1800 g/mol. The first-order valence-corrected chi connectivity index (χ1v) is 46.0. The molecule has 1 fully saturated rings. The van der Waals surface area contributed by atoms with Crippen molar-refractivity contribution in [3.63, 3.8) is 0 Å². The zero-order valence-electron chi connectivity index (χ0n) is 74.1. The fourth-order valence-electron chi connectivity index (χ4n) is 16.1. The van der Waals surface area contributed by atoms with Crippen molar-refractivity contribution in [2.75, 3.05) is 48.4 Å². The number of aromatic nitrogens is 8. The van der Waals surface area contributed by atoms with E-state index in [1.807, 2.05) is 139 Å². The highest BCUT2D eigenvalue weighted by molar-refractivity contribution is 7.19. The molecule has 5 aliphatic rings. The van der Waals surface area contributed by atoms with E-state index in [0.717, 1.165) is 171 Å². The summed E-state index contributed by atoms with van der Waals surface area (Å²) in [7, 11) is 8.32. The van der Waals surface area contributed by atoms with Gasteiger partial charge in [0.25, 0.3) is 0 Å². The van der Waals surface area contributed by atoms with Crippen LogP contribution in [-0.2, 0) is 30.4 Å². The van der Waals surface area contributed by atoms with Crippen LogP contribution in [0.4, 0.5) is 19.2 Å². The molecule has 0 spiro atoms. The summed E-state index contributed by atoms with van der Waals surface area (Å²) in [6.07, 6.45) is 6.44. The molecule has 8 aromatic carbocycles. The summed E-state index contributed by atoms with van der Waals surface area (Å²) in [5, 5.41) is 92.0. The van der Waals surface area contributed by atoms with Crippen LogP contribution in [0.2, 0.25) is 0 Å². The van der Waals surface area contributed by atoms with Gasteiger partial charge in [-0.15, -0.1) is 40.8 Å². The Morgan fingerprint density at radius 3 is 0.876 bits per heavy atom. The molecule has 0 saturated carbocycles. The molecule has 4 aliphatic carbocycles. The molecule has 1 saturated heterocycles. The van der Waals surface area contributed by atoms with Gasteiger partial charge in [-0.3, -0.25) is 0 Å². The van der Waals surface area contributed by atoms with Gasteiger partial charge in [-0.05, 0) is 230 Å². The number of urea groups is 3. The second-order valence-corrected chi connectivity index (χ2v) is 37.2. The number of amides is 7. The molecule has 17 rings (SSSR count). The lowest BCUT2D eigenvalue weighted by Gasteiger charge is -2.37. The van der Waals surface area contributed by atoms with Crippen LogP contribution in [0.15, 0.2) is 146 Å². The van der Waals surface area contributed by atoms with E-state index in [4.69, 9.17) is 23.7 Å². The molecule has 0 bridgehead atoms. The lowest BCUT2D eigenvalue weighted by Crippen LogP contribution is -2.53. The Morgan fingerprint density at radius 1 is 0.380 bits per heavy atom. The van der Waals surface area contributed by atoms with Crippen molar-refractivity contribution in [2.45, 2.75) is 162 Å². The average Bonchev–Trinajstić information content (AvgIpc) is 1.65. The largest absolute Gasteiger partial charge is 0.490 e. The predicted molar refractivity (Wildman–Crippen MR) is 499 cm³/mol. The monoisotopic (exact) mass is 1800 g/mol. The predicted octanol–water partition coefficient (Wildman–Crippen LogP) is 19.6. The zero-order valence-corrected chi connectivity index (χ0v) is 77.4. The van der Waals surface area contributed by atoms with Crippen molar-refractivity contribution in [1.82, 2.24) is 76.8 Å². The van der Waals surface area contributed by atoms with Crippen LogP contribution in [0.25, 0.3) is 84.6 Å². The SMILES string of the molecule is CC(C)Oc1ccc(-c2nnc(-c3cccc4c3CC[C@@H]4NC(=O)N(C)C)s2)cc1C#N.CC(C)Oc1ccc(-c2nnc(-c3cccc4c3CC[C@H]4NC(=O)N(C)C)s2)cc1C#N.CC1CN(C(=O)N[C@@H]2CCc3c(-c4nnc(-c5ccc(OC(C)C)c(C#N)c5)s4)cccc32)C1.COC(=O)N[C@@H]1CCc2c(-c3nnc(-c4ccc(OC(C)C)c(C#N)c4)s3)cccc21. The van der Waals surface area contributed by atoms with Crippen molar-refractivity contribution < 1.29 is 42.9 Å². The topological polar surface area (TPSA) is 371 Å². The third-order valence-electron chi connectivity index (χ3n) is 22.1. The number of carbonyl (C=O) groups excluding carboxylic acids is 4. The van der Waals surface area contributed by atoms with E-state index in [2.05, 4.69) is 130 Å². The zero-order chi connectivity index (χ0) is 91.4. The number of ether oxygens (including phenoxy) is 5. The van der Waals surface area contributed by atoms with E-state index in [1.54, 1.807) is 68.3 Å². The Balaban J connectivity index is 0.000000139. The minimum absolute atomic E-state index is 0.000991. The first-order valence-electron chi connectivity index (χ1n) is 42.7. The van der Waals surface area contributed by atoms with Crippen LogP contribution in [0.1, 0.15) is 179 Å². The van der Waals surface area contributed by atoms with Crippen LogP contribution in [0.5, 0.6) is 23.0 Å². The van der Waals surface area contributed by atoms with E-state index in [1.165, 1.54) is 74.7 Å². The maximum absolute atomic E-state index is 12.5. The molecule has 660 valence electrons. The Labute approximate surface area is 765 Å². The highest BCUT2D eigenvalue weighted by Crippen LogP contribution is 2.46. The molecular weight excluding hydrogens is 1700 g/mol. The van der Waals surface area contributed by atoms with Gasteiger partial charge in [-0.2, -0.15) is 21.0 Å². The number of nitrogens with zero attached hydrogens (tertiary/aromatic N) is 15. The van der Waals surface area contributed by atoms with Crippen molar-refractivity contribution >= 4 is 69.5 Å². The number of carbonyl (C=O) groups is 4. The van der Waals surface area contributed by atoms with Gasteiger partial charge in [0.1, 0.15) is 87.3 Å². The first kappa shape index (κ1) is 91.5. The Kier molecular flexibility index (Phi) is 29.0. The molecular formula is C97H99N19O9S4. The summed E-state index contributed by atoms with van der Waals surface area (Å²) in [5.74, 6) is 2.87. The molecule has 7 amide bonds. The van der Waals surface area contributed by atoms with Gasteiger partial charge in [0, 0.05) is 85.8 Å². The minimum atomic E-state index is -0.431. The van der Waals surface area contributed by atoms with Gasteiger partial charge >= 0.3 is 24.2 Å². The van der Waals surface area contributed by atoms with E-state index in [0.29, 0.717) is 51.2 Å². The van der Waals surface area contributed by atoms with Crippen LogP contribution in [0.3, 0.4) is 0 Å². The van der Waals surface area contributed by atoms with E-state index in [-0.39, 0.29) is 66.7 Å². The summed E-state index contributed by atoms with van der Waals surface area (Å²) in [5.41, 5.74) is 18.8. The lowest BCUT2D eigenvalue weighted by atomic mass is 10.0. The number of likely N-dealkylation sites (tertiary alicyclic amines) is 1. The van der Waals surface area contributed by atoms with Gasteiger partial charge in [-0.25, -0.2) is 19.2 Å². The Hall–Kier alpha value is -13.8. The molecule has 4 N–H and O–H groups in total. The quantitative estimate of drug-likeness (QED) is 0.0550. The summed E-state index contributed by atoms with van der Waals surface area (Å²) in [4.78, 5) is 53.4. The number of alkyl carbamates (subject to hydrolysis) is 1. The number of fused-ring (bicyclic) bond motifs is 4. The number of hydrogen-bond donors (Lipinski definition) is 4. The second kappa shape index (κ2) is 40.9. The number of hydrogen-bond acceptors (Lipinski definition) is 25. The molecule has 129 heavy (non-hydrogen) atoms. The Morgan fingerprint density at radius 2 is 0.636 bits per heavy atom. The molecule has 4 atom stereocenters. The number of benzene rings is 8. The Bertz CT molecular complexity index is 6150. The summed E-state index contributed by atoms with van der Waals surface area (Å²) in [6, 6.07) is 55.2. The van der Waals surface area contributed by atoms with Crippen LogP contribution >= 0.6 is 45.3 Å². The molecule has 4 aromatic heterocycles. The van der Waals surface area contributed by atoms with Gasteiger partial charge in [0.2, 0.25) is 0 Å². The maximum atomic E-state index is 12.5. The van der Waals surface area contributed by atoms with Crippen molar-refractivity contribution in [2.24, 2.45) is 5.92 Å². The molecule has 0 radical (unpaired) electrons. The van der Waals surface area contributed by atoms with Crippen molar-refractivity contribution in [3.8, 4) is 132 Å². The first-order chi connectivity index (χ1) is 62.2. The molecule has 28 nitrogen and oxygen atoms in total. The van der Waals surface area contributed by atoms with Gasteiger partial charge in [0.05, 0.1) is 77.9 Å². The minimum Gasteiger partial charge on any atom is -0.490 e. The maximum Gasteiger partial charge on any atom is 0.407 e. The third-order valence-corrected chi connectivity index (χ3v) is 26.1. The van der Waals surface area contributed by atoms with E-state index < -0.39 is 6.09 Å².